The first-order valence-corrected chi connectivity index (χ1v) is 6.53. The largest absolute Gasteiger partial charge is 0.378 e. The summed E-state index contributed by atoms with van der Waals surface area (Å²) in [5.41, 5.74) is 2.64. The molecule has 1 aliphatic rings. The molecule has 0 atom stereocenters. The summed E-state index contributed by atoms with van der Waals surface area (Å²) in [7, 11) is 0. The Morgan fingerprint density at radius 3 is 2.53 bits per heavy atom. The summed E-state index contributed by atoms with van der Waals surface area (Å²) >= 11 is 0. The molecule has 0 saturated carbocycles. The van der Waals surface area contributed by atoms with Crippen molar-refractivity contribution in [3.05, 3.63) is 24.3 Å². The predicted octanol–water partition coefficient (Wildman–Crippen LogP) is 2.37. The molecule has 3 heteroatoms. The number of hydrogen-bond acceptors (Lipinski definition) is 3. The van der Waals surface area contributed by atoms with Gasteiger partial charge in [0, 0.05) is 37.6 Å². The summed E-state index contributed by atoms with van der Waals surface area (Å²) in [6, 6.07) is 8.83. The number of rotatable bonds is 4. The SMILES string of the molecule is CCN(CC)c1cccc(N2CCOCC2)c1. The van der Waals surface area contributed by atoms with Crippen molar-refractivity contribution >= 4 is 11.4 Å². The Morgan fingerprint density at radius 1 is 1.18 bits per heavy atom. The average molecular weight is 234 g/mol. The van der Waals surface area contributed by atoms with E-state index in [0.29, 0.717) is 0 Å². The van der Waals surface area contributed by atoms with E-state index in [1.54, 1.807) is 0 Å². The third-order valence-corrected chi connectivity index (χ3v) is 3.33. The Hall–Kier alpha value is -1.22. The van der Waals surface area contributed by atoms with E-state index in [9.17, 15) is 0 Å². The summed E-state index contributed by atoms with van der Waals surface area (Å²) in [4.78, 5) is 4.78. The quantitative estimate of drug-likeness (QED) is 0.795. The molecule has 94 valence electrons. The Labute approximate surface area is 104 Å². The Morgan fingerprint density at radius 2 is 1.88 bits per heavy atom. The lowest BCUT2D eigenvalue weighted by Crippen LogP contribution is -2.36. The highest BCUT2D eigenvalue weighted by atomic mass is 16.5. The molecule has 1 fully saturated rings. The Kier molecular flexibility index (Phi) is 4.26. The zero-order valence-corrected chi connectivity index (χ0v) is 10.9. The molecule has 0 spiro atoms. The van der Waals surface area contributed by atoms with Gasteiger partial charge in [0.2, 0.25) is 0 Å². The predicted molar refractivity (Wildman–Crippen MR) is 73.0 cm³/mol. The van der Waals surface area contributed by atoms with Gasteiger partial charge in [-0.1, -0.05) is 6.07 Å². The second-order valence-electron chi connectivity index (χ2n) is 4.29. The molecule has 0 bridgehead atoms. The van der Waals surface area contributed by atoms with Crippen molar-refractivity contribution in [3.63, 3.8) is 0 Å². The molecular formula is C14H22N2O. The lowest BCUT2D eigenvalue weighted by atomic mass is 10.2. The van der Waals surface area contributed by atoms with E-state index in [4.69, 9.17) is 4.74 Å². The van der Waals surface area contributed by atoms with Gasteiger partial charge in [0.25, 0.3) is 0 Å². The minimum atomic E-state index is 0.843. The van der Waals surface area contributed by atoms with Crippen LogP contribution in [0.15, 0.2) is 24.3 Å². The standard InChI is InChI=1S/C14H22N2O/c1-3-15(4-2)13-6-5-7-14(12-13)16-8-10-17-11-9-16/h5-7,12H,3-4,8-11H2,1-2H3. The third-order valence-electron chi connectivity index (χ3n) is 3.33. The molecule has 0 unspecified atom stereocenters. The van der Waals surface area contributed by atoms with Crippen LogP contribution in [0.1, 0.15) is 13.8 Å². The molecule has 1 saturated heterocycles. The molecule has 1 aromatic carbocycles. The number of ether oxygens (including phenoxy) is 1. The van der Waals surface area contributed by atoms with E-state index in [-0.39, 0.29) is 0 Å². The van der Waals surface area contributed by atoms with Crippen molar-refractivity contribution in [2.45, 2.75) is 13.8 Å². The van der Waals surface area contributed by atoms with Crippen molar-refractivity contribution in [3.8, 4) is 0 Å². The Bertz CT molecular complexity index is 344. The number of benzene rings is 1. The zero-order chi connectivity index (χ0) is 12.1. The van der Waals surface area contributed by atoms with Gasteiger partial charge in [-0.05, 0) is 32.0 Å². The van der Waals surface area contributed by atoms with Crippen LogP contribution in [0.25, 0.3) is 0 Å². The first kappa shape index (κ1) is 12.2. The molecule has 1 aliphatic heterocycles. The van der Waals surface area contributed by atoms with Crippen molar-refractivity contribution in [1.29, 1.82) is 0 Å². The summed E-state index contributed by atoms with van der Waals surface area (Å²) in [6.45, 7) is 10.2. The molecule has 1 aromatic rings. The maximum atomic E-state index is 5.39. The van der Waals surface area contributed by atoms with Gasteiger partial charge in [-0.2, -0.15) is 0 Å². The van der Waals surface area contributed by atoms with Crippen LogP contribution in [-0.2, 0) is 4.74 Å². The second-order valence-corrected chi connectivity index (χ2v) is 4.29. The van der Waals surface area contributed by atoms with E-state index in [2.05, 4.69) is 47.9 Å². The topological polar surface area (TPSA) is 15.7 Å². The summed E-state index contributed by atoms with van der Waals surface area (Å²) in [5.74, 6) is 0. The molecule has 0 aromatic heterocycles. The van der Waals surface area contributed by atoms with Gasteiger partial charge >= 0.3 is 0 Å². The van der Waals surface area contributed by atoms with Crippen LogP contribution in [0.3, 0.4) is 0 Å². The van der Waals surface area contributed by atoms with E-state index in [0.717, 1.165) is 39.4 Å². The van der Waals surface area contributed by atoms with Crippen molar-refractivity contribution in [1.82, 2.24) is 0 Å². The van der Waals surface area contributed by atoms with E-state index < -0.39 is 0 Å². The third kappa shape index (κ3) is 2.91. The Balaban J connectivity index is 2.15. The lowest BCUT2D eigenvalue weighted by molar-refractivity contribution is 0.122. The van der Waals surface area contributed by atoms with Gasteiger partial charge in [0.15, 0.2) is 0 Å². The van der Waals surface area contributed by atoms with Crippen LogP contribution in [0.5, 0.6) is 0 Å². The number of morpholine rings is 1. The zero-order valence-electron chi connectivity index (χ0n) is 10.9. The molecule has 0 N–H and O–H groups in total. The highest BCUT2D eigenvalue weighted by molar-refractivity contribution is 5.59. The fourth-order valence-corrected chi connectivity index (χ4v) is 2.30. The fraction of sp³-hybridized carbons (Fsp3) is 0.571. The summed E-state index contributed by atoms with van der Waals surface area (Å²) in [6.07, 6.45) is 0. The number of nitrogens with zero attached hydrogens (tertiary/aromatic N) is 2. The molecule has 3 nitrogen and oxygen atoms in total. The van der Waals surface area contributed by atoms with E-state index >= 15 is 0 Å². The molecular weight excluding hydrogens is 212 g/mol. The fourth-order valence-electron chi connectivity index (χ4n) is 2.30. The smallest absolute Gasteiger partial charge is 0.0642 e. The van der Waals surface area contributed by atoms with Crippen LogP contribution < -0.4 is 9.80 Å². The van der Waals surface area contributed by atoms with Crippen molar-refractivity contribution < 1.29 is 4.74 Å². The molecule has 17 heavy (non-hydrogen) atoms. The van der Waals surface area contributed by atoms with Crippen LogP contribution in [0.4, 0.5) is 11.4 Å². The van der Waals surface area contributed by atoms with Crippen molar-refractivity contribution in [2.75, 3.05) is 49.2 Å². The maximum absolute atomic E-state index is 5.39. The monoisotopic (exact) mass is 234 g/mol. The second kappa shape index (κ2) is 5.92. The highest BCUT2D eigenvalue weighted by Crippen LogP contribution is 2.23. The summed E-state index contributed by atoms with van der Waals surface area (Å²) < 4.78 is 5.39. The minimum absolute atomic E-state index is 0.843. The van der Waals surface area contributed by atoms with Crippen LogP contribution in [0, 0.1) is 0 Å². The van der Waals surface area contributed by atoms with Gasteiger partial charge in [-0.15, -0.1) is 0 Å². The van der Waals surface area contributed by atoms with Crippen LogP contribution in [-0.4, -0.2) is 39.4 Å². The average Bonchev–Trinajstić information content (AvgIpc) is 2.42. The minimum Gasteiger partial charge on any atom is -0.378 e. The van der Waals surface area contributed by atoms with Gasteiger partial charge in [0.1, 0.15) is 0 Å². The first-order valence-electron chi connectivity index (χ1n) is 6.53. The number of hydrogen-bond donors (Lipinski definition) is 0. The van der Waals surface area contributed by atoms with Crippen molar-refractivity contribution in [2.24, 2.45) is 0 Å². The lowest BCUT2D eigenvalue weighted by Gasteiger charge is -2.30. The van der Waals surface area contributed by atoms with Gasteiger partial charge in [-0.25, -0.2) is 0 Å². The molecule has 0 radical (unpaired) electrons. The number of anilines is 2. The highest BCUT2D eigenvalue weighted by Gasteiger charge is 2.12. The van der Waals surface area contributed by atoms with Crippen LogP contribution >= 0.6 is 0 Å². The first-order chi connectivity index (χ1) is 8.35. The van der Waals surface area contributed by atoms with Gasteiger partial charge < -0.3 is 14.5 Å². The van der Waals surface area contributed by atoms with Gasteiger partial charge in [-0.3, -0.25) is 0 Å². The van der Waals surface area contributed by atoms with E-state index in [1.165, 1.54) is 11.4 Å². The van der Waals surface area contributed by atoms with Crippen LogP contribution in [0.2, 0.25) is 0 Å². The van der Waals surface area contributed by atoms with E-state index in [1.807, 2.05) is 0 Å². The molecule has 1 heterocycles. The normalized spacial score (nSPS) is 16.0. The molecule has 0 amide bonds. The van der Waals surface area contributed by atoms with Gasteiger partial charge in [0.05, 0.1) is 13.2 Å². The summed E-state index contributed by atoms with van der Waals surface area (Å²) in [5, 5.41) is 0. The maximum Gasteiger partial charge on any atom is 0.0642 e. The molecule has 0 aliphatic carbocycles. The molecule has 2 rings (SSSR count).